The fraction of sp³-hybridized carbons (Fsp3) is 0.400. The number of rotatable bonds is 3. The molecule has 0 radical (unpaired) electrons. The third-order valence-electron chi connectivity index (χ3n) is 3.41. The van der Waals surface area contributed by atoms with E-state index in [1.807, 2.05) is 0 Å². The number of hydrogen-bond acceptors (Lipinski definition) is 3. The molecule has 1 aromatic carbocycles. The molecule has 1 atom stereocenters. The van der Waals surface area contributed by atoms with Crippen LogP contribution in [0.15, 0.2) is 17.5 Å². The van der Waals surface area contributed by atoms with Crippen molar-refractivity contribution < 1.29 is 0 Å². The summed E-state index contributed by atoms with van der Waals surface area (Å²) in [6.45, 7) is 9.21. The second-order valence-electron chi connectivity index (χ2n) is 4.96. The molecule has 2 nitrogen and oxygen atoms in total. The molecule has 3 heteroatoms. The number of nitrogens with two attached hydrogens (primary N) is 1. The smallest absolute Gasteiger partial charge is 0.0973 e. The van der Waals surface area contributed by atoms with Gasteiger partial charge in [0.2, 0.25) is 0 Å². The van der Waals surface area contributed by atoms with Crippen LogP contribution in [0.2, 0.25) is 0 Å². The van der Waals surface area contributed by atoms with E-state index in [9.17, 15) is 0 Å². The lowest BCUT2D eigenvalue weighted by atomic mass is 9.99. The highest BCUT2D eigenvalue weighted by Gasteiger charge is 2.12. The first kappa shape index (κ1) is 13.2. The summed E-state index contributed by atoms with van der Waals surface area (Å²) in [5, 5.41) is 3.27. The van der Waals surface area contributed by atoms with Crippen molar-refractivity contribution >= 4 is 11.3 Å². The lowest BCUT2D eigenvalue weighted by Gasteiger charge is -2.08. The van der Waals surface area contributed by atoms with Gasteiger partial charge in [0, 0.05) is 23.4 Å². The van der Waals surface area contributed by atoms with Gasteiger partial charge in [0.05, 0.1) is 10.7 Å². The molecule has 0 bridgehead atoms. The van der Waals surface area contributed by atoms with Gasteiger partial charge in [-0.15, -0.1) is 11.3 Å². The Morgan fingerprint density at radius 2 is 1.83 bits per heavy atom. The minimum atomic E-state index is 0.343. The molecule has 0 aliphatic carbocycles. The van der Waals surface area contributed by atoms with E-state index < -0.39 is 0 Å². The molecular weight excluding hydrogens is 240 g/mol. The van der Waals surface area contributed by atoms with Crippen LogP contribution < -0.4 is 5.73 Å². The minimum absolute atomic E-state index is 0.343. The van der Waals surface area contributed by atoms with Gasteiger partial charge in [-0.25, -0.2) is 4.98 Å². The molecule has 2 aromatic rings. The fourth-order valence-corrected chi connectivity index (χ4v) is 2.87. The van der Waals surface area contributed by atoms with Gasteiger partial charge in [-0.05, 0) is 43.5 Å². The van der Waals surface area contributed by atoms with E-state index in [1.54, 1.807) is 11.3 Å². The van der Waals surface area contributed by atoms with E-state index in [0.29, 0.717) is 12.5 Å². The molecule has 0 aliphatic rings. The van der Waals surface area contributed by atoms with Crippen LogP contribution in [0.4, 0.5) is 0 Å². The molecule has 0 saturated heterocycles. The average molecular weight is 260 g/mol. The molecular formula is C15H20N2S. The Morgan fingerprint density at radius 1 is 1.17 bits per heavy atom. The van der Waals surface area contributed by atoms with Crippen LogP contribution in [0.5, 0.6) is 0 Å². The molecule has 0 aliphatic heterocycles. The molecule has 2 N–H and O–H groups in total. The molecule has 96 valence electrons. The number of benzene rings is 1. The van der Waals surface area contributed by atoms with Crippen LogP contribution in [0.1, 0.15) is 34.5 Å². The first-order valence-corrected chi connectivity index (χ1v) is 7.14. The zero-order valence-corrected chi connectivity index (χ0v) is 12.3. The normalized spacial score (nSPS) is 12.7. The van der Waals surface area contributed by atoms with Crippen molar-refractivity contribution in [3.63, 3.8) is 0 Å². The van der Waals surface area contributed by atoms with Crippen LogP contribution in [-0.2, 0) is 0 Å². The summed E-state index contributed by atoms with van der Waals surface area (Å²) in [6, 6.07) is 4.46. The van der Waals surface area contributed by atoms with Crippen molar-refractivity contribution in [2.75, 3.05) is 6.54 Å². The van der Waals surface area contributed by atoms with Crippen molar-refractivity contribution in [1.29, 1.82) is 0 Å². The van der Waals surface area contributed by atoms with Gasteiger partial charge in [0.15, 0.2) is 0 Å². The topological polar surface area (TPSA) is 38.9 Å². The van der Waals surface area contributed by atoms with Crippen molar-refractivity contribution in [2.24, 2.45) is 5.73 Å². The summed E-state index contributed by atoms with van der Waals surface area (Å²) >= 11 is 1.70. The Morgan fingerprint density at radius 3 is 2.50 bits per heavy atom. The SMILES string of the molecule is Cc1cc(C)c(-c2csc(C(C)CN)n2)cc1C. The van der Waals surface area contributed by atoms with E-state index in [0.717, 1.165) is 10.7 Å². The number of hydrogen-bond donors (Lipinski definition) is 1. The summed E-state index contributed by atoms with van der Waals surface area (Å²) in [7, 11) is 0. The molecule has 0 spiro atoms. The Bertz CT molecular complexity index is 558. The monoisotopic (exact) mass is 260 g/mol. The first-order valence-electron chi connectivity index (χ1n) is 6.26. The summed E-state index contributed by atoms with van der Waals surface area (Å²) in [6.07, 6.45) is 0. The molecule has 1 heterocycles. The highest BCUT2D eigenvalue weighted by molar-refractivity contribution is 7.10. The van der Waals surface area contributed by atoms with Crippen molar-refractivity contribution in [3.8, 4) is 11.3 Å². The standard InChI is InChI=1S/C15H20N2S/c1-9-5-11(3)13(6-10(9)2)14-8-18-15(17-14)12(4)7-16/h5-6,8,12H,7,16H2,1-4H3. The Hall–Kier alpha value is -1.19. The van der Waals surface area contributed by atoms with Crippen LogP contribution >= 0.6 is 11.3 Å². The lowest BCUT2D eigenvalue weighted by Crippen LogP contribution is -2.08. The van der Waals surface area contributed by atoms with Gasteiger partial charge in [-0.1, -0.05) is 13.0 Å². The largest absolute Gasteiger partial charge is 0.330 e. The molecule has 1 unspecified atom stereocenters. The van der Waals surface area contributed by atoms with E-state index in [-0.39, 0.29) is 0 Å². The number of aromatic nitrogens is 1. The fourth-order valence-electron chi connectivity index (χ4n) is 1.97. The number of nitrogens with zero attached hydrogens (tertiary/aromatic N) is 1. The summed E-state index contributed by atoms with van der Waals surface area (Å²) in [5.74, 6) is 0.343. The van der Waals surface area contributed by atoms with Crippen molar-refractivity contribution in [1.82, 2.24) is 4.98 Å². The van der Waals surface area contributed by atoms with Gasteiger partial charge >= 0.3 is 0 Å². The second-order valence-corrected chi connectivity index (χ2v) is 5.85. The van der Waals surface area contributed by atoms with Gasteiger partial charge in [0.1, 0.15) is 0 Å². The summed E-state index contributed by atoms with van der Waals surface area (Å²) < 4.78 is 0. The van der Waals surface area contributed by atoms with Gasteiger partial charge in [0.25, 0.3) is 0 Å². The Labute approximate surface area is 113 Å². The summed E-state index contributed by atoms with van der Waals surface area (Å²) in [5.41, 5.74) is 12.0. The Kier molecular flexibility index (Phi) is 3.83. The van der Waals surface area contributed by atoms with E-state index in [4.69, 9.17) is 10.7 Å². The molecule has 2 rings (SSSR count). The van der Waals surface area contributed by atoms with Crippen LogP contribution in [0, 0.1) is 20.8 Å². The van der Waals surface area contributed by atoms with Crippen LogP contribution in [0.25, 0.3) is 11.3 Å². The number of thiazole rings is 1. The third-order valence-corrected chi connectivity index (χ3v) is 4.49. The first-order chi connectivity index (χ1) is 8.52. The predicted octanol–water partition coefficient (Wildman–Crippen LogP) is 3.80. The maximum atomic E-state index is 5.69. The maximum absolute atomic E-state index is 5.69. The average Bonchev–Trinajstić information content (AvgIpc) is 2.82. The van der Waals surface area contributed by atoms with Crippen molar-refractivity contribution in [2.45, 2.75) is 33.6 Å². The summed E-state index contributed by atoms with van der Waals surface area (Å²) in [4.78, 5) is 4.72. The molecule has 0 saturated carbocycles. The molecule has 0 fully saturated rings. The lowest BCUT2D eigenvalue weighted by molar-refractivity contribution is 0.766. The zero-order chi connectivity index (χ0) is 13.3. The van der Waals surface area contributed by atoms with E-state index in [1.165, 1.54) is 22.3 Å². The second kappa shape index (κ2) is 5.21. The predicted molar refractivity (Wildman–Crippen MR) is 79.2 cm³/mol. The van der Waals surface area contributed by atoms with Crippen molar-refractivity contribution in [3.05, 3.63) is 39.2 Å². The van der Waals surface area contributed by atoms with Gasteiger partial charge in [-0.2, -0.15) is 0 Å². The maximum Gasteiger partial charge on any atom is 0.0973 e. The quantitative estimate of drug-likeness (QED) is 0.911. The van der Waals surface area contributed by atoms with Gasteiger partial charge < -0.3 is 5.73 Å². The molecule has 1 aromatic heterocycles. The molecule has 0 amide bonds. The molecule has 18 heavy (non-hydrogen) atoms. The minimum Gasteiger partial charge on any atom is -0.330 e. The van der Waals surface area contributed by atoms with Crippen LogP contribution in [-0.4, -0.2) is 11.5 Å². The third kappa shape index (κ3) is 2.47. The highest BCUT2D eigenvalue weighted by Crippen LogP contribution is 2.29. The Balaban J connectivity index is 2.43. The highest BCUT2D eigenvalue weighted by atomic mass is 32.1. The van der Waals surface area contributed by atoms with E-state index in [2.05, 4.69) is 45.2 Å². The van der Waals surface area contributed by atoms with E-state index >= 15 is 0 Å². The van der Waals surface area contributed by atoms with Crippen LogP contribution in [0.3, 0.4) is 0 Å². The van der Waals surface area contributed by atoms with Gasteiger partial charge in [-0.3, -0.25) is 0 Å². The zero-order valence-electron chi connectivity index (χ0n) is 11.4. The number of aryl methyl sites for hydroxylation is 3.